The van der Waals surface area contributed by atoms with Gasteiger partial charge in [0.15, 0.2) is 0 Å². The Morgan fingerprint density at radius 3 is 2.82 bits per heavy atom. The molecule has 1 aliphatic carbocycles. The zero-order chi connectivity index (χ0) is 12.7. The first-order chi connectivity index (χ1) is 8.17. The lowest BCUT2D eigenvalue weighted by Gasteiger charge is -2.18. The maximum Gasteiger partial charge on any atom is 0.221 e. The van der Waals surface area contributed by atoms with Gasteiger partial charge in [0.1, 0.15) is 0 Å². The zero-order valence-electron chi connectivity index (χ0n) is 10.8. The standard InChI is InChI=1S/C13H26N2O2/c1-2-4-12(14)7-13(17)15-8-10-5-3-6-11(10)9-16/h10-12,16H,2-9,14H2,1H3,(H,15,17). The Hall–Kier alpha value is -0.610. The Morgan fingerprint density at radius 1 is 1.47 bits per heavy atom. The molecule has 0 aromatic carbocycles. The second-order valence-corrected chi connectivity index (χ2v) is 5.19. The van der Waals surface area contributed by atoms with Crippen LogP contribution in [-0.2, 0) is 4.79 Å². The second-order valence-electron chi connectivity index (χ2n) is 5.19. The Bertz CT molecular complexity index is 233. The molecule has 3 atom stereocenters. The molecule has 0 aromatic heterocycles. The van der Waals surface area contributed by atoms with Gasteiger partial charge in [-0.05, 0) is 31.1 Å². The average molecular weight is 242 g/mol. The summed E-state index contributed by atoms with van der Waals surface area (Å²) in [5, 5.41) is 12.1. The van der Waals surface area contributed by atoms with E-state index in [4.69, 9.17) is 5.73 Å². The van der Waals surface area contributed by atoms with Crippen molar-refractivity contribution in [2.24, 2.45) is 17.6 Å². The van der Waals surface area contributed by atoms with Crippen LogP contribution in [0, 0.1) is 11.8 Å². The minimum atomic E-state index is -0.0165. The molecule has 1 amide bonds. The summed E-state index contributed by atoms with van der Waals surface area (Å²) in [6.45, 7) is 3.01. The van der Waals surface area contributed by atoms with Gasteiger partial charge in [0.2, 0.25) is 5.91 Å². The van der Waals surface area contributed by atoms with Crippen LogP contribution in [0.3, 0.4) is 0 Å². The van der Waals surface area contributed by atoms with Crippen molar-refractivity contribution in [2.45, 2.75) is 51.5 Å². The fourth-order valence-electron chi connectivity index (χ4n) is 2.65. The molecule has 17 heavy (non-hydrogen) atoms. The first-order valence-corrected chi connectivity index (χ1v) is 6.80. The minimum Gasteiger partial charge on any atom is -0.396 e. The molecular formula is C13H26N2O2. The molecule has 4 heteroatoms. The van der Waals surface area contributed by atoms with Gasteiger partial charge in [-0.2, -0.15) is 0 Å². The molecule has 0 aliphatic heterocycles. The molecule has 0 spiro atoms. The van der Waals surface area contributed by atoms with Crippen LogP contribution in [0.25, 0.3) is 0 Å². The molecular weight excluding hydrogens is 216 g/mol. The van der Waals surface area contributed by atoms with Gasteiger partial charge in [-0.25, -0.2) is 0 Å². The predicted molar refractivity (Wildman–Crippen MR) is 68.4 cm³/mol. The van der Waals surface area contributed by atoms with Gasteiger partial charge in [0.05, 0.1) is 0 Å². The third kappa shape index (κ3) is 5.04. The summed E-state index contributed by atoms with van der Waals surface area (Å²) in [6, 6.07) is -0.0165. The molecule has 0 radical (unpaired) electrons. The smallest absolute Gasteiger partial charge is 0.221 e. The van der Waals surface area contributed by atoms with Crippen molar-refractivity contribution < 1.29 is 9.90 Å². The molecule has 100 valence electrons. The van der Waals surface area contributed by atoms with Gasteiger partial charge in [-0.1, -0.05) is 19.8 Å². The molecule has 1 rings (SSSR count). The summed E-state index contributed by atoms with van der Waals surface area (Å²) in [6.07, 6.45) is 5.71. The predicted octanol–water partition coefficient (Wildman–Crippen LogP) is 1.03. The van der Waals surface area contributed by atoms with Gasteiger partial charge < -0.3 is 16.2 Å². The number of aliphatic hydroxyl groups excluding tert-OH is 1. The van der Waals surface area contributed by atoms with E-state index in [2.05, 4.69) is 12.2 Å². The molecule has 1 saturated carbocycles. The van der Waals surface area contributed by atoms with Crippen molar-refractivity contribution in [3.63, 3.8) is 0 Å². The normalized spacial score (nSPS) is 25.8. The first-order valence-electron chi connectivity index (χ1n) is 6.80. The van der Waals surface area contributed by atoms with Gasteiger partial charge >= 0.3 is 0 Å². The molecule has 1 fully saturated rings. The molecule has 3 unspecified atom stereocenters. The van der Waals surface area contributed by atoms with Crippen LogP contribution in [0.5, 0.6) is 0 Å². The number of carbonyl (C=O) groups excluding carboxylic acids is 1. The van der Waals surface area contributed by atoms with Gasteiger partial charge in [0.25, 0.3) is 0 Å². The van der Waals surface area contributed by atoms with Crippen LogP contribution in [0.15, 0.2) is 0 Å². The number of amides is 1. The zero-order valence-corrected chi connectivity index (χ0v) is 10.8. The summed E-state index contributed by atoms with van der Waals surface area (Å²) in [5.41, 5.74) is 5.82. The lowest BCUT2D eigenvalue weighted by molar-refractivity contribution is -0.121. The van der Waals surface area contributed by atoms with Crippen LogP contribution in [0.4, 0.5) is 0 Å². The number of carbonyl (C=O) groups is 1. The SMILES string of the molecule is CCCC(N)CC(=O)NCC1CCCC1CO. The summed E-state index contributed by atoms with van der Waals surface area (Å²) < 4.78 is 0. The van der Waals surface area contributed by atoms with E-state index >= 15 is 0 Å². The van der Waals surface area contributed by atoms with Crippen molar-refractivity contribution in [3.8, 4) is 0 Å². The third-order valence-corrected chi connectivity index (χ3v) is 3.72. The molecule has 4 nitrogen and oxygen atoms in total. The summed E-state index contributed by atoms with van der Waals surface area (Å²) in [5.74, 6) is 0.875. The topological polar surface area (TPSA) is 75.4 Å². The number of hydrogen-bond acceptors (Lipinski definition) is 3. The van der Waals surface area contributed by atoms with E-state index in [-0.39, 0.29) is 18.6 Å². The van der Waals surface area contributed by atoms with Gasteiger partial charge in [-0.15, -0.1) is 0 Å². The van der Waals surface area contributed by atoms with Crippen molar-refractivity contribution in [1.82, 2.24) is 5.32 Å². The molecule has 0 bridgehead atoms. The van der Waals surface area contributed by atoms with E-state index in [0.29, 0.717) is 24.8 Å². The molecule has 0 aromatic rings. The second kappa shape index (κ2) is 7.67. The first kappa shape index (κ1) is 14.5. The lowest BCUT2D eigenvalue weighted by Crippen LogP contribution is -2.35. The number of nitrogens with two attached hydrogens (primary N) is 1. The summed E-state index contributed by atoms with van der Waals surface area (Å²) in [4.78, 5) is 11.6. The summed E-state index contributed by atoms with van der Waals surface area (Å²) in [7, 11) is 0. The maximum atomic E-state index is 11.6. The number of nitrogens with one attached hydrogen (secondary N) is 1. The summed E-state index contributed by atoms with van der Waals surface area (Å²) >= 11 is 0. The Morgan fingerprint density at radius 2 is 2.18 bits per heavy atom. The van der Waals surface area contributed by atoms with Crippen LogP contribution < -0.4 is 11.1 Å². The largest absolute Gasteiger partial charge is 0.396 e. The Kier molecular flexibility index (Phi) is 6.52. The minimum absolute atomic E-state index is 0.0165. The molecule has 4 N–H and O–H groups in total. The lowest BCUT2D eigenvalue weighted by atomic mass is 9.97. The van der Waals surface area contributed by atoms with E-state index in [9.17, 15) is 9.90 Å². The van der Waals surface area contributed by atoms with E-state index in [0.717, 1.165) is 25.7 Å². The van der Waals surface area contributed by atoms with E-state index in [1.54, 1.807) is 0 Å². The van der Waals surface area contributed by atoms with Gasteiger partial charge in [-0.3, -0.25) is 4.79 Å². The highest BCUT2D eigenvalue weighted by Crippen LogP contribution is 2.30. The van der Waals surface area contributed by atoms with Crippen molar-refractivity contribution in [2.75, 3.05) is 13.2 Å². The fraction of sp³-hybridized carbons (Fsp3) is 0.923. The number of aliphatic hydroxyl groups is 1. The highest BCUT2D eigenvalue weighted by Gasteiger charge is 2.26. The number of hydrogen-bond donors (Lipinski definition) is 3. The highest BCUT2D eigenvalue weighted by atomic mass is 16.3. The van der Waals surface area contributed by atoms with E-state index < -0.39 is 0 Å². The highest BCUT2D eigenvalue weighted by molar-refractivity contribution is 5.76. The Balaban J connectivity index is 2.19. The quantitative estimate of drug-likeness (QED) is 0.624. The van der Waals surface area contributed by atoms with Crippen molar-refractivity contribution >= 4 is 5.91 Å². The maximum absolute atomic E-state index is 11.6. The van der Waals surface area contributed by atoms with Crippen LogP contribution in [-0.4, -0.2) is 30.2 Å². The molecule has 0 saturated heterocycles. The van der Waals surface area contributed by atoms with Crippen molar-refractivity contribution in [1.29, 1.82) is 0 Å². The van der Waals surface area contributed by atoms with E-state index in [1.807, 2.05) is 0 Å². The molecule has 0 heterocycles. The van der Waals surface area contributed by atoms with Crippen molar-refractivity contribution in [3.05, 3.63) is 0 Å². The number of rotatable bonds is 7. The Labute approximate surface area is 104 Å². The fourth-order valence-corrected chi connectivity index (χ4v) is 2.65. The van der Waals surface area contributed by atoms with Gasteiger partial charge in [0, 0.05) is 25.6 Å². The molecule has 1 aliphatic rings. The third-order valence-electron chi connectivity index (χ3n) is 3.72. The van der Waals surface area contributed by atoms with E-state index in [1.165, 1.54) is 6.42 Å². The van der Waals surface area contributed by atoms with Crippen LogP contribution in [0.1, 0.15) is 45.4 Å². The van der Waals surface area contributed by atoms with Crippen LogP contribution in [0.2, 0.25) is 0 Å². The van der Waals surface area contributed by atoms with Crippen LogP contribution >= 0.6 is 0 Å². The average Bonchev–Trinajstić information content (AvgIpc) is 2.73. The monoisotopic (exact) mass is 242 g/mol.